The van der Waals surface area contributed by atoms with Gasteiger partial charge in [-0.15, -0.1) is 0 Å². The molecule has 3 rings (SSSR count). The molecule has 30 heavy (non-hydrogen) atoms. The number of nitrogens with zero attached hydrogens (tertiary/aromatic N) is 1. The van der Waals surface area contributed by atoms with Crippen LogP contribution in [0.2, 0.25) is 0 Å². The quantitative estimate of drug-likeness (QED) is 0.365. The maximum absolute atomic E-state index is 13.0. The van der Waals surface area contributed by atoms with E-state index in [0.717, 1.165) is 14.0 Å². The Kier molecular flexibility index (Phi) is 6.45. The number of nitrogens with one attached hydrogen (secondary N) is 1. The number of aryl methyl sites for hydroxylation is 1. The SMILES string of the molecule is COc1cc(/C=C2\C(=O)NC(=O)N(c3ccc(C)cc3)C2=O)cc(I)c1OC(C)C. The van der Waals surface area contributed by atoms with Gasteiger partial charge in [0.25, 0.3) is 11.8 Å². The molecule has 0 unspecified atom stereocenters. The van der Waals surface area contributed by atoms with Crippen molar-refractivity contribution in [1.82, 2.24) is 5.32 Å². The lowest BCUT2D eigenvalue weighted by Crippen LogP contribution is -2.54. The third kappa shape index (κ3) is 4.48. The van der Waals surface area contributed by atoms with Crippen molar-refractivity contribution >= 4 is 52.2 Å². The molecule has 0 radical (unpaired) electrons. The van der Waals surface area contributed by atoms with Crippen LogP contribution >= 0.6 is 22.6 Å². The van der Waals surface area contributed by atoms with E-state index in [0.29, 0.717) is 22.7 Å². The Bertz CT molecular complexity index is 1040. The minimum absolute atomic E-state index is 0.0450. The van der Waals surface area contributed by atoms with Gasteiger partial charge in [-0.05, 0) is 79.3 Å². The molecular formula is C22H21IN2O5. The van der Waals surface area contributed by atoms with Gasteiger partial charge >= 0.3 is 6.03 Å². The molecule has 1 aliphatic heterocycles. The number of methoxy groups -OCH3 is 1. The molecular weight excluding hydrogens is 499 g/mol. The zero-order chi connectivity index (χ0) is 22.0. The Balaban J connectivity index is 2.02. The molecule has 4 amide bonds. The monoisotopic (exact) mass is 520 g/mol. The van der Waals surface area contributed by atoms with Crippen LogP contribution in [0.25, 0.3) is 6.08 Å². The van der Waals surface area contributed by atoms with Crippen LogP contribution in [-0.2, 0) is 9.59 Å². The molecule has 0 atom stereocenters. The molecule has 7 nitrogen and oxygen atoms in total. The van der Waals surface area contributed by atoms with Crippen molar-refractivity contribution in [2.75, 3.05) is 12.0 Å². The lowest BCUT2D eigenvalue weighted by Gasteiger charge is -2.26. The van der Waals surface area contributed by atoms with Crippen LogP contribution < -0.4 is 19.7 Å². The molecule has 0 aliphatic carbocycles. The first kappa shape index (κ1) is 21.8. The van der Waals surface area contributed by atoms with Gasteiger partial charge in [0.1, 0.15) is 5.57 Å². The molecule has 0 bridgehead atoms. The fraction of sp³-hybridized carbons (Fsp3) is 0.227. The summed E-state index contributed by atoms with van der Waals surface area (Å²) in [5.41, 5.74) is 1.80. The second kappa shape index (κ2) is 8.86. The van der Waals surface area contributed by atoms with E-state index < -0.39 is 17.8 Å². The number of hydrogen-bond donors (Lipinski definition) is 1. The van der Waals surface area contributed by atoms with Crippen LogP contribution in [0.1, 0.15) is 25.0 Å². The van der Waals surface area contributed by atoms with Crippen LogP contribution in [0.4, 0.5) is 10.5 Å². The van der Waals surface area contributed by atoms with Gasteiger partial charge in [0, 0.05) is 0 Å². The van der Waals surface area contributed by atoms with Crippen molar-refractivity contribution in [3.8, 4) is 11.5 Å². The summed E-state index contributed by atoms with van der Waals surface area (Å²) in [6, 6.07) is 9.57. The highest BCUT2D eigenvalue weighted by Gasteiger charge is 2.36. The summed E-state index contributed by atoms with van der Waals surface area (Å²) >= 11 is 2.11. The average Bonchev–Trinajstić information content (AvgIpc) is 2.68. The third-order valence-corrected chi connectivity index (χ3v) is 5.11. The Labute approximate surface area is 188 Å². The van der Waals surface area contributed by atoms with Crippen molar-refractivity contribution in [3.05, 3.63) is 56.7 Å². The Morgan fingerprint density at radius 3 is 2.37 bits per heavy atom. The highest BCUT2D eigenvalue weighted by molar-refractivity contribution is 14.1. The molecule has 1 aliphatic rings. The van der Waals surface area contributed by atoms with Gasteiger partial charge in [-0.1, -0.05) is 17.7 Å². The molecule has 2 aromatic carbocycles. The number of ether oxygens (including phenoxy) is 2. The average molecular weight is 520 g/mol. The highest BCUT2D eigenvalue weighted by atomic mass is 127. The third-order valence-electron chi connectivity index (χ3n) is 4.31. The summed E-state index contributed by atoms with van der Waals surface area (Å²) in [4.78, 5) is 38.7. The summed E-state index contributed by atoms with van der Waals surface area (Å²) in [6.07, 6.45) is 1.39. The highest BCUT2D eigenvalue weighted by Crippen LogP contribution is 2.35. The van der Waals surface area contributed by atoms with Crippen LogP contribution in [0, 0.1) is 10.5 Å². The van der Waals surface area contributed by atoms with Crippen LogP contribution in [0.15, 0.2) is 42.0 Å². The topological polar surface area (TPSA) is 84.9 Å². The smallest absolute Gasteiger partial charge is 0.335 e. The van der Waals surface area contributed by atoms with E-state index in [1.165, 1.54) is 13.2 Å². The Morgan fingerprint density at radius 1 is 1.10 bits per heavy atom. The Hall–Kier alpha value is -2.88. The van der Waals surface area contributed by atoms with Crippen molar-refractivity contribution in [3.63, 3.8) is 0 Å². The maximum Gasteiger partial charge on any atom is 0.335 e. The number of carbonyl (C=O) groups is 3. The first-order valence-electron chi connectivity index (χ1n) is 9.23. The van der Waals surface area contributed by atoms with Crippen LogP contribution in [-0.4, -0.2) is 31.1 Å². The molecule has 1 fully saturated rings. The number of hydrogen-bond acceptors (Lipinski definition) is 5. The van der Waals surface area contributed by atoms with Crippen molar-refractivity contribution in [2.24, 2.45) is 0 Å². The molecule has 156 valence electrons. The fourth-order valence-electron chi connectivity index (χ4n) is 2.93. The summed E-state index contributed by atoms with van der Waals surface area (Å²) in [5, 5.41) is 2.23. The van der Waals surface area contributed by atoms with Gasteiger partial charge in [0.2, 0.25) is 0 Å². The second-order valence-corrected chi connectivity index (χ2v) is 8.16. The van der Waals surface area contributed by atoms with Crippen LogP contribution in [0.3, 0.4) is 0 Å². The minimum Gasteiger partial charge on any atom is -0.493 e. The van der Waals surface area contributed by atoms with E-state index in [2.05, 4.69) is 27.9 Å². The maximum atomic E-state index is 13.0. The molecule has 1 saturated heterocycles. The molecule has 0 spiro atoms. The van der Waals surface area contributed by atoms with E-state index in [9.17, 15) is 14.4 Å². The summed E-state index contributed by atoms with van der Waals surface area (Å²) in [6.45, 7) is 5.72. The lowest BCUT2D eigenvalue weighted by atomic mass is 10.1. The van der Waals surface area contributed by atoms with E-state index in [1.807, 2.05) is 20.8 Å². The first-order valence-corrected chi connectivity index (χ1v) is 10.3. The number of anilines is 1. The molecule has 1 heterocycles. The van der Waals surface area contributed by atoms with Crippen molar-refractivity contribution < 1.29 is 23.9 Å². The zero-order valence-corrected chi connectivity index (χ0v) is 19.1. The van der Waals surface area contributed by atoms with Gasteiger partial charge in [-0.2, -0.15) is 0 Å². The van der Waals surface area contributed by atoms with Gasteiger partial charge in [-0.3, -0.25) is 14.9 Å². The number of halogens is 1. The second-order valence-electron chi connectivity index (χ2n) is 6.99. The van der Waals surface area contributed by atoms with Crippen molar-refractivity contribution in [2.45, 2.75) is 26.9 Å². The number of barbiturate groups is 1. The number of imide groups is 2. The predicted molar refractivity (Wildman–Crippen MR) is 122 cm³/mol. The zero-order valence-electron chi connectivity index (χ0n) is 17.0. The van der Waals surface area contributed by atoms with E-state index in [4.69, 9.17) is 9.47 Å². The number of carbonyl (C=O) groups excluding carboxylic acids is 3. The largest absolute Gasteiger partial charge is 0.493 e. The Morgan fingerprint density at radius 2 is 1.77 bits per heavy atom. The molecule has 8 heteroatoms. The van der Waals surface area contributed by atoms with Crippen LogP contribution in [0.5, 0.6) is 11.5 Å². The normalized spacial score (nSPS) is 15.6. The number of benzene rings is 2. The summed E-state index contributed by atoms with van der Waals surface area (Å²) < 4.78 is 12.0. The number of amides is 4. The lowest BCUT2D eigenvalue weighted by molar-refractivity contribution is -0.122. The predicted octanol–water partition coefficient (Wildman–Crippen LogP) is 4.06. The fourth-order valence-corrected chi connectivity index (χ4v) is 3.68. The molecule has 2 aromatic rings. The minimum atomic E-state index is -0.779. The van der Waals surface area contributed by atoms with E-state index >= 15 is 0 Å². The standard InChI is InChI=1S/C22H21IN2O5/c1-12(2)30-19-17(23)10-14(11-18(19)29-4)9-16-20(26)24-22(28)25(21(16)27)15-7-5-13(3)6-8-15/h5-12H,1-4H3,(H,24,26,28)/b16-9+. The van der Waals surface area contributed by atoms with Gasteiger partial charge in [-0.25, -0.2) is 9.69 Å². The summed E-state index contributed by atoms with van der Waals surface area (Å²) in [7, 11) is 1.52. The summed E-state index contributed by atoms with van der Waals surface area (Å²) in [5.74, 6) is -0.363. The van der Waals surface area contributed by atoms with Gasteiger partial charge < -0.3 is 9.47 Å². The van der Waals surface area contributed by atoms with E-state index in [1.54, 1.807) is 36.4 Å². The van der Waals surface area contributed by atoms with Gasteiger partial charge in [0.15, 0.2) is 11.5 Å². The first-order chi connectivity index (χ1) is 14.2. The molecule has 1 N–H and O–H groups in total. The van der Waals surface area contributed by atoms with Gasteiger partial charge in [0.05, 0.1) is 22.5 Å². The van der Waals surface area contributed by atoms with Crippen molar-refractivity contribution in [1.29, 1.82) is 0 Å². The number of urea groups is 1. The number of rotatable bonds is 5. The molecule has 0 saturated carbocycles. The van der Waals surface area contributed by atoms with E-state index in [-0.39, 0.29) is 11.7 Å². The molecule has 0 aromatic heterocycles.